The van der Waals surface area contributed by atoms with E-state index in [0.717, 1.165) is 19.0 Å². The Hall–Kier alpha value is -3.41. The molecule has 2 saturated heterocycles. The minimum Gasteiger partial charge on any atom is -0.481 e. The quantitative estimate of drug-likeness (QED) is 0.428. The van der Waals surface area contributed by atoms with E-state index in [-0.39, 0.29) is 23.4 Å². The molecule has 6 heterocycles. The van der Waals surface area contributed by atoms with Crippen molar-refractivity contribution in [1.29, 1.82) is 0 Å². The highest BCUT2D eigenvalue weighted by atomic mass is 19.1. The van der Waals surface area contributed by atoms with Crippen LogP contribution in [0, 0.1) is 5.82 Å². The topological polar surface area (TPSA) is 128 Å². The summed E-state index contributed by atoms with van der Waals surface area (Å²) in [5.41, 5.74) is -1.35. The number of pyridine rings is 3. The molecule has 2 unspecified atom stereocenters. The molecular weight excluding hydrogens is 493 g/mol. The predicted molar refractivity (Wildman–Crippen MR) is 136 cm³/mol. The highest BCUT2D eigenvalue weighted by Crippen LogP contribution is 2.50. The fourth-order valence-electron chi connectivity index (χ4n) is 5.91. The largest absolute Gasteiger partial charge is 0.481 e. The molecule has 3 aliphatic heterocycles. The Morgan fingerprint density at radius 3 is 2.82 bits per heavy atom. The van der Waals surface area contributed by atoms with E-state index in [1.54, 1.807) is 37.4 Å². The van der Waals surface area contributed by atoms with E-state index >= 15 is 4.39 Å². The summed E-state index contributed by atoms with van der Waals surface area (Å²) >= 11 is 0. The number of hydrogen-bond acceptors (Lipinski definition) is 9. The standard InChI is InChI=1S/C27H30FN5O5/c1-25(35,12-16-17(28)13-30-18-5-6-21(36-2)32-22(16)18)27-9-7-26(8-10-27,15-37-27)31-14-20-24(34)33-23-19(38-20)4-3-11-29-23/h3-6,11,13,20,31,35H,7-10,12,14-15H2,1-2H3,(H,29,33,34). The number of methoxy groups -OCH3 is 1. The van der Waals surface area contributed by atoms with Crippen molar-refractivity contribution in [3.63, 3.8) is 0 Å². The molecule has 3 fully saturated rings. The lowest BCUT2D eigenvalue weighted by atomic mass is 9.63. The first-order chi connectivity index (χ1) is 18.2. The summed E-state index contributed by atoms with van der Waals surface area (Å²) < 4.78 is 32.5. The van der Waals surface area contributed by atoms with Gasteiger partial charge in [0, 0.05) is 36.3 Å². The number of aliphatic hydroxyl groups is 1. The molecule has 7 rings (SSSR count). The average Bonchev–Trinajstić information content (AvgIpc) is 2.94. The monoisotopic (exact) mass is 523 g/mol. The Balaban J connectivity index is 1.15. The lowest BCUT2D eigenvalue weighted by Crippen LogP contribution is -2.69. The van der Waals surface area contributed by atoms with Crippen LogP contribution in [0.2, 0.25) is 0 Å². The van der Waals surface area contributed by atoms with Gasteiger partial charge in [0.2, 0.25) is 5.88 Å². The first kappa shape index (κ1) is 24.9. The number of carbonyl (C=O) groups is 1. The van der Waals surface area contributed by atoms with E-state index in [1.165, 1.54) is 7.11 Å². The molecule has 38 heavy (non-hydrogen) atoms. The van der Waals surface area contributed by atoms with Crippen LogP contribution >= 0.6 is 0 Å². The molecular formula is C27H30FN5O5. The molecule has 2 atom stereocenters. The van der Waals surface area contributed by atoms with E-state index in [1.807, 2.05) is 0 Å². The normalized spacial score (nSPS) is 27.8. The number of halogens is 1. The van der Waals surface area contributed by atoms with Crippen LogP contribution in [0.3, 0.4) is 0 Å². The van der Waals surface area contributed by atoms with Crippen LogP contribution in [-0.2, 0) is 16.0 Å². The molecule has 10 nitrogen and oxygen atoms in total. The molecule has 200 valence electrons. The number of aromatic nitrogens is 3. The van der Waals surface area contributed by atoms with Crippen molar-refractivity contribution in [2.45, 2.75) is 61.9 Å². The minimum absolute atomic E-state index is 0.0159. The van der Waals surface area contributed by atoms with Gasteiger partial charge in [0.25, 0.3) is 5.91 Å². The molecule has 1 saturated carbocycles. The minimum atomic E-state index is -1.36. The van der Waals surface area contributed by atoms with Crippen molar-refractivity contribution in [2.75, 3.05) is 25.6 Å². The zero-order valence-corrected chi connectivity index (χ0v) is 21.3. The number of fused-ring (bicyclic) bond motifs is 5. The van der Waals surface area contributed by atoms with Gasteiger partial charge in [-0.3, -0.25) is 9.78 Å². The number of amides is 1. The second-order valence-corrected chi connectivity index (χ2v) is 10.6. The van der Waals surface area contributed by atoms with E-state index < -0.39 is 23.1 Å². The highest BCUT2D eigenvalue weighted by Gasteiger charge is 2.58. The Morgan fingerprint density at radius 2 is 2.08 bits per heavy atom. The zero-order valence-electron chi connectivity index (χ0n) is 21.3. The van der Waals surface area contributed by atoms with Crippen molar-refractivity contribution in [2.24, 2.45) is 0 Å². The van der Waals surface area contributed by atoms with Crippen molar-refractivity contribution in [3.8, 4) is 11.6 Å². The SMILES string of the molecule is COc1ccc2ncc(F)c(CC(C)(O)C34CCC(NCC5Oc6cccnc6NC5=O)(CC3)CO4)c2n1. The number of carbonyl (C=O) groups excluding carboxylic acids is 1. The van der Waals surface area contributed by atoms with Gasteiger partial charge < -0.3 is 30.0 Å². The van der Waals surface area contributed by atoms with Crippen LogP contribution in [0.15, 0.2) is 36.7 Å². The molecule has 0 radical (unpaired) electrons. The number of rotatable bonds is 7. The summed E-state index contributed by atoms with van der Waals surface area (Å²) in [7, 11) is 1.50. The van der Waals surface area contributed by atoms with E-state index in [0.29, 0.717) is 54.5 Å². The van der Waals surface area contributed by atoms with Gasteiger partial charge in [0.15, 0.2) is 17.7 Å². The highest BCUT2D eigenvalue weighted by molar-refractivity contribution is 5.96. The van der Waals surface area contributed by atoms with E-state index in [9.17, 15) is 9.90 Å². The fraction of sp³-hybridized carbons (Fsp3) is 0.481. The first-order valence-corrected chi connectivity index (χ1v) is 12.8. The van der Waals surface area contributed by atoms with Crippen LogP contribution in [0.4, 0.5) is 10.2 Å². The van der Waals surface area contributed by atoms with Crippen LogP contribution in [0.1, 0.15) is 38.2 Å². The Labute approximate surface area is 218 Å². The van der Waals surface area contributed by atoms with E-state index in [4.69, 9.17) is 14.2 Å². The smallest absolute Gasteiger partial charge is 0.268 e. The van der Waals surface area contributed by atoms with Crippen molar-refractivity contribution in [1.82, 2.24) is 20.3 Å². The average molecular weight is 524 g/mol. The number of hydrogen-bond donors (Lipinski definition) is 3. The molecule has 2 bridgehead atoms. The van der Waals surface area contributed by atoms with Gasteiger partial charge >= 0.3 is 0 Å². The van der Waals surface area contributed by atoms with Crippen molar-refractivity contribution < 1.29 is 28.5 Å². The molecule has 3 aromatic rings. The van der Waals surface area contributed by atoms with Gasteiger partial charge in [-0.25, -0.2) is 14.4 Å². The lowest BCUT2D eigenvalue weighted by Gasteiger charge is -2.58. The van der Waals surface area contributed by atoms with E-state index in [2.05, 4.69) is 25.6 Å². The molecule has 0 spiro atoms. The summed E-state index contributed by atoms with van der Waals surface area (Å²) in [6.45, 7) is 2.38. The Morgan fingerprint density at radius 1 is 1.26 bits per heavy atom. The number of anilines is 1. The van der Waals surface area contributed by atoms with Gasteiger partial charge in [-0.2, -0.15) is 0 Å². The third kappa shape index (κ3) is 4.14. The maximum atomic E-state index is 15.0. The maximum absolute atomic E-state index is 15.0. The summed E-state index contributed by atoms with van der Waals surface area (Å²) in [5.74, 6) is 0.534. The van der Waals surface area contributed by atoms with Crippen LogP contribution in [-0.4, -0.2) is 69.1 Å². The fourth-order valence-corrected chi connectivity index (χ4v) is 5.91. The van der Waals surface area contributed by atoms with Gasteiger partial charge in [0.1, 0.15) is 5.82 Å². The maximum Gasteiger partial charge on any atom is 0.268 e. The number of nitrogens with zero attached hydrogens (tertiary/aromatic N) is 3. The molecule has 3 aromatic heterocycles. The summed E-state index contributed by atoms with van der Waals surface area (Å²) in [6, 6.07) is 6.92. The third-order valence-corrected chi connectivity index (χ3v) is 8.33. The molecule has 0 aromatic carbocycles. The van der Waals surface area contributed by atoms with Gasteiger partial charge in [-0.15, -0.1) is 0 Å². The van der Waals surface area contributed by atoms with Gasteiger partial charge in [-0.05, 0) is 50.8 Å². The molecule has 4 aliphatic rings. The molecule has 11 heteroatoms. The second-order valence-electron chi connectivity index (χ2n) is 10.6. The molecule has 3 N–H and O–H groups in total. The van der Waals surface area contributed by atoms with Crippen LogP contribution in [0.5, 0.6) is 11.6 Å². The third-order valence-electron chi connectivity index (χ3n) is 8.33. The lowest BCUT2D eigenvalue weighted by molar-refractivity contribution is -0.244. The number of ether oxygens (including phenoxy) is 3. The van der Waals surface area contributed by atoms with Gasteiger partial charge in [0.05, 0.1) is 42.1 Å². The number of nitrogens with one attached hydrogen (secondary N) is 2. The summed E-state index contributed by atoms with van der Waals surface area (Å²) in [5, 5.41) is 18.1. The predicted octanol–water partition coefficient (Wildman–Crippen LogP) is 2.54. The second kappa shape index (κ2) is 9.11. The summed E-state index contributed by atoms with van der Waals surface area (Å²) in [6.07, 6.45) is 4.73. The summed E-state index contributed by atoms with van der Waals surface area (Å²) in [4.78, 5) is 25.2. The van der Waals surface area contributed by atoms with Crippen molar-refractivity contribution >= 4 is 22.8 Å². The zero-order chi connectivity index (χ0) is 26.5. The van der Waals surface area contributed by atoms with Crippen LogP contribution < -0.4 is 20.1 Å². The molecule has 1 amide bonds. The Bertz CT molecular complexity index is 1380. The van der Waals surface area contributed by atoms with Crippen molar-refractivity contribution in [3.05, 3.63) is 48.0 Å². The molecule has 1 aliphatic carbocycles. The van der Waals surface area contributed by atoms with Crippen LogP contribution in [0.25, 0.3) is 11.0 Å². The first-order valence-electron chi connectivity index (χ1n) is 12.8. The Kier molecular flexibility index (Phi) is 5.97. The van der Waals surface area contributed by atoms with Gasteiger partial charge in [-0.1, -0.05) is 0 Å².